The van der Waals surface area contributed by atoms with Crippen LogP contribution in [0.3, 0.4) is 0 Å². The predicted octanol–water partition coefficient (Wildman–Crippen LogP) is 5.47. The third-order valence-corrected chi connectivity index (χ3v) is 6.26. The summed E-state index contributed by atoms with van der Waals surface area (Å²) in [5.41, 5.74) is 1.59. The summed E-state index contributed by atoms with van der Waals surface area (Å²) in [5, 5.41) is 0.311. The molecule has 30 heavy (non-hydrogen) atoms. The van der Waals surface area contributed by atoms with Crippen molar-refractivity contribution in [1.29, 1.82) is 0 Å². The van der Waals surface area contributed by atoms with Crippen LogP contribution in [0.15, 0.2) is 65.7 Å². The second-order valence-corrected chi connectivity index (χ2v) is 8.45. The number of nitrogens with zero attached hydrogens (tertiary/aromatic N) is 3. The highest BCUT2D eigenvalue weighted by Crippen LogP contribution is 2.32. The van der Waals surface area contributed by atoms with E-state index in [9.17, 15) is 13.6 Å². The van der Waals surface area contributed by atoms with E-state index in [-0.39, 0.29) is 24.4 Å². The zero-order valence-corrected chi connectivity index (χ0v) is 17.6. The van der Waals surface area contributed by atoms with E-state index in [1.54, 1.807) is 30.1 Å². The van der Waals surface area contributed by atoms with Crippen molar-refractivity contribution in [2.24, 2.45) is 0 Å². The van der Waals surface area contributed by atoms with Crippen LogP contribution in [0.25, 0.3) is 10.2 Å². The first kappa shape index (κ1) is 20.4. The highest BCUT2D eigenvalue weighted by atomic mass is 32.2. The third kappa shape index (κ3) is 4.49. The second kappa shape index (κ2) is 8.89. The second-order valence-electron chi connectivity index (χ2n) is 6.56. The first-order valence-corrected chi connectivity index (χ1v) is 11.2. The number of benzene rings is 2. The van der Waals surface area contributed by atoms with Gasteiger partial charge in [0.05, 0.1) is 23.4 Å². The third-order valence-electron chi connectivity index (χ3n) is 4.49. The summed E-state index contributed by atoms with van der Waals surface area (Å²) in [5.74, 6) is -1.62. The van der Waals surface area contributed by atoms with Gasteiger partial charge in [-0.25, -0.2) is 13.8 Å². The minimum atomic E-state index is -0.745. The molecular weight excluding hydrogens is 424 g/mol. The molecule has 0 radical (unpaired) electrons. The lowest BCUT2D eigenvalue weighted by Gasteiger charge is -2.19. The molecule has 4 rings (SSSR count). The molecule has 0 aliphatic rings. The van der Waals surface area contributed by atoms with E-state index in [4.69, 9.17) is 0 Å². The Morgan fingerprint density at radius 3 is 2.63 bits per heavy atom. The number of thiazole rings is 1. The number of amides is 1. The number of carbonyl (C=O) groups is 1. The fraction of sp³-hybridized carbons (Fsp3) is 0.136. The molecule has 2 aromatic heterocycles. The monoisotopic (exact) mass is 441 g/mol. The van der Waals surface area contributed by atoms with Crippen LogP contribution < -0.4 is 4.90 Å². The van der Waals surface area contributed by atoms with Gasteiger partial charge in [-0.3, -0.25) is 14.7 Å². The molecule has 0 saturated heterocycles. The standard InChI is InChI=1S/C22H17F2N3OS2/c1-29-17-7-5-14(6-8-17)10-20(28)27(13-16-4-2-3-9-25-16)22-26-21-18(24)11-15(23)12-19(21)30-22/h2-9,11-12H,10,13H2,1H3. The van der Waals surface area contributed by atoms with E-state index in [1.165, 1.54) is 11.0 Å². The number of rotatable bonds is 6. The average molecular weight is 442 g/mol. The van der Waals surface area contributed by atoms with Crippen molar-refractivity contribution in [2.75, 3.05) is 11.2 Å². The molecule has 0 aliphatic carbocycles. The molecule has 0 bridgehead atoms. The molecule has 0 N–H and O–H groups in total. The number of hydrogen-bond acceptors (Lipinski definition) is 5. The molecular formula is C22H17F2N3OS2. The molecule has 0 saturated carbocycles. The number of pyridine rings is 1. The Hall–Kier alpha value is -2.84. The lowest BCUT2D eigenvalue weighted by atomic mass is 10.1. The maximum absolute atomic E-state index is 14.2. The van der Waals surface area contributed by atoms with Gasteiger partial charge in [0.2, 0.25) is 5.91 Å². The molecule has 2 aromatic carbocycles. The molecule has 4 aromatic rings. The Balaban J connectivity index is 1.68. The number of aromatic nitrogens is 2. The minimum absolute atomic E-state index is 0.0551. The summed E-state index contributed by atoms with van der Waals surface area (Å²) >= 11 is 2.71. The van der Waals surface area contributed by atoms with Crippen molar-refractivity contribution in [2.45, 2.75) is 17.9 Å². The number of carbonyl (C=O) groups excluding carboxylic acids is 1. The normalized spacial score (nSPS) is 11.0. The Bertz CT molecular complexity index is 1180. The van der Waals surface area contributed by atoms with E-state index < -0.39 is 11.6 Å². The van der Waals surface area contributed by atoms with Gasteiger partial charge in [0.25, 0.3) is 0 Å². The van der Waals surface area contributed by atoms with Crippen LogP contribution >= 0.6 is 23.1 Å². The maximum Gasteiger partial charge on any atom is 0.233 e. The highest BCUT2D eigenvalue weighted by molar-refractivity contribution is 7.98. The number of hydrogen-bond donors (Lipinski definition) is 0. The largest absolute Gasteiger partial charge is 0.282 e. The maximum atomic E-state index is 14.2. The quantitative estimate of drug-likeness (QED) is 0.373. The van der Waals surface area contributed by atoms with Gasteiger partial charge in [-0.2, -0.15) is 0 Å². The lowest BCUT2D eigenvalue weighted by Crippen LogP contribution is -2.32. The summed E-state index contributed by atoms with van der Waals surface area (Å²) < 4.78 is 28.1. The van der Waals surface area contributed by atoms with E-state index >= 15 is 0 Å². The fourth-order valence-electron chi connectivity index (χ4n) is 2.99. The van der Waals surface area contributed by atoms with E-state index in [1.807, 2.05) is 36.6 Å². The Morgan fingerprint density at radius 2 is 1.93 bits per heavy atom. The predicted molar refractivity (Wildman–Crippen MR) is 117 cm³/mol. The van der Waals surface area contributed by atoms with Crippen molar-refractivity contribution >= 4 is 44.4 Å². The summed E-state index contributed by atoms with van der Waals surface area (Å²) in [6.07, 6.45) is 3.80. The lowest BCUT2D eigenvalue weighted by molar-refractivity contribution is -0.118. The highest BCUT2D eigenvalue weighted by Gasteiger charge is 2.22. The first-order chi connectivity index (χ1) is 14.5. The zero-order chi connectivity index (χ0) is 21.1. The van der Waals surface area contributed by atoms with Gasteiger partial charge >= 0.3 is 0 Å². The zero-order valence-electron chi connectivity index (χ0n) is 16.0. The van der Waals surface area contributed by atoms with Crippen molar-refractivity contribution in [3.63, 3.8) is 0 Å². The van der Waals surface area contributed by atoms with Crippen LogP contribution in [-0.2, 0) is 17.8 Å². The van der Waals surface area contributed by atoms with Crippen molar-refractivity contribution in [1.82, 2.24) is 9.97 Å². The van der Waals surface area contributed by atoms with Gasteiger partial charge in [-0.1, -0.05) is 29.5 Å². The molecule has 2 heterocycles. The van der Waals surface area contributed by atoms with Gasteiger partial charge in [-0.05, 0) is 42.2 Å². The molecule has 0 spiro atoms. The smallest absolute Gasteiger partial charge is 0.233 e. The molecule has 0 unspecified atom stereocenters. The van der Waals surface area contributed by atoms with Crippen molar-refractivity contribution < 1.29 is 13.6 Å². The van der Waals surface area contributed by atoms with Crippen LogP contribution in [0.1, 0.15) is 11.3 Å². The van der Waals surface area contributed by atoms with Gasteiger partial charge < -0.3 is 0 Å². The van der Waals surface area contributed by atoms with E-state index in [0.717, 1.165) is 27.9 Å². The van der Waals surface area contributed by atoms with Crippen LogP contribution in [0.4, 0.5) is 13.9 Å². The number of fused-ring (bicyclic) bond motifs is 1. The number of halogens is 2. The summed E-state index contributed by atoms with van der Waals surface area (Å²) in [4.78, 5) is 24.4. The molecule has 0 fully saturated rings. The minimum Gasteiger partial charge on any atom is -0.282 e. The molecule has 0 atom stereocenters. The molecule has 152 valence electrons. The topological polar surface area (TPSA) is 46.1 Å². The average Bonchev–Trinajstić information content (AvgIpc) is 3.17. The molecule has 4 nitrogen and oxygen atoms in total. The van der Waals surface area contributed by atoms with E-state index in [0.29, 0.717) is 15.5 Å². The van der Waals surface area contributed by atoms with Gasteiger partial charge in [-0.15, -0.1) is 11.8 Å². The Labute approximate surface area is 180 Å². The number of anilines is 1. The molecule has 8 heteroatoms. The Morgan fingerprint density at radius 1 is 1.13 bits per heavy atom. The summed E-state index contributed by atoms with van der Waals surface area (Å²) in [6.45, 7) is 0.187. The van der Waals surface area contributed by atoms with Crippen molar-refractivity contribution in [3.8, 4) is 0 Å². The van der Waals surface area contributed by atoms with Gasteiger partial charge in [0, 0.05) is 17.2 Å². The SMILES string of the molecule is CSc1ccc(CC(=O)N(Cc2ccccn2)c2nc3c(F)cc(F)cc3s2)cc1. The molecule has 0 aliphatic heterocycles. The van der Waals surface area contributed by atoms with Crippen LogP contribution in [-0.4, -0.2) is 22.1 Å². The van der Waals surface area contributed by atoms with E-state index in [2.05, 4.69) is 9.97 Å². The summed E-state index contributed by atoms with van der Waals surface area (Å²) in [7, 11) is 0. The van der Waals surface area contributed by atoms with Crippen LogP contribution in [0, 0.1) is 11.6 Å². The van der Waals surface area contributed by atoms with Crippen molar-refractivity contribution in [3.05, 3.63) is 83.7 Å². The number of thioether (sulfide) groups is 1. The summed E-state index contributed by atoms with van der Waals surface area (Å²) in [6, 6.07) is 15.2. The molecule has 1 amide bonds. The van der Waals surface area contributed by atoms with Gasteiger partial charge in [0.1, 0.15) is 11.3 Å². The van der Waals surface area contributed by atoms with Crippen LogP contribution in [0.5, 0.6) is 0 Å². The Kier molecular flexibility index (Phi) is 6.06. The fourth-order valence-corrected chi connectivity index (χ4v) is 4.42. The van der Waals surface area contributed by atoms with Crippen LogP contribution in [0.2, 0.25) is 0 Å². The van der Waals surface area contributed by atoms with Gasteiger partial charge in [0.15, 0.2) is 10.9 Å². The first-order valence-electron chi connectivity index (χ1n) is 9.12.